The van der Waals surface area contributed by atoms with Crippen molar-refractivity contribution in [3.05, 3.63) is 23.3 Å². The minimum Gasteiger partial charge on any atom is -0.497 e. The van der Waals surface area contributed by atoms with Crippen molar-refractivity contribution < 1.29 is 9.47 Å². The molecule has 0 aliphatic heterocycles. The molecule has 0 bridgehead atoms. The Bertz CT molecular complexity index is 342. The van der Waals surface area contributed by atoms with Crippen molar-refractivity contribution in [2.24, 2.45) is 5.73 Å². The van der Waals surface area contributed by atoms with Crippen LogP contribution in [0.3, 0.4) is 0 Å². The number of aryl methyl sites for hydroxylation is 1. The molecular weight excluding hydrogens is 210 g/mol. The molecule has 1 atom stereocenters. The third-order valence-corrected chi connectivity index (χ3v) is 2.74. The van der Waals surface area contributed by atoms with E-state index in [0.717, 1.165) is 22.6 Å². The number of benzene rings is 1. The summed E-state index contributed by atoms with van der Waals surface area (Å²) < 4.78 is 10.5. The first-order valence-electron chi connectivity index (χ1n) is 4.73. The van der Waals surface area contributed by atoms with Gasteiger partial charge in [0.2, 0.25) is 0 Å². The molecule has 4 heteroatoms. The highest BCUT2D eigenvalue weighted by Gasteiger charge is 2.15. The molecule has 1 aromatic rings. The Hall–Kier alpha value is -0.870. The third-order valence-electron chi connectivity index (χ3n) is 2.35. The lowest BCUT2D eigenvalue weighted by Gasteiger charge is -2.17. The summed E-state index contributed by atoms with van der Waals surface area (Å²) in [5.74, 6) is 2.12. The first-order chi connectivity index (χ1) is 7.13. The second-order valence-electron chi connectivity index (χ2n) is 3.35. The molecule has 0 saturated heterocycles. The largest absolute Gasteiger partial charge is 0.497 e. The predicted octanol–water partition coefficient (Wildman–Crippen LogP) is 1.94. The zero-order valence-electron chi connectivity index (χ0n) is 9.28. The van der Waals surface area contributed by atoms with E-state index in [1.165, 1.54) is 0 Å². The van der Waals surface area contributed by atoms with Gasteiger partial charge >= 0.3 is 0 Å². The molecule has 0 aliphatic rings. The van der Waals surface area contributed by atoms with Crippen LogP contribution in [0.15, 0.2) is 12.1 Å². The molecule has 2 N–H and O–H groups in total. The van der Waals surface area contributed by atoms with Gasteiger partial charge in [0.1, 0.15) is 11.5 Å². The van der Waals surface area contributed by atoms with Crippen LogP contribution in [0.4, 0.5) is 0 Å². The van der Waals surface area contributed by atoms with Crippen LogP contribution in [-0.4, -0.2) is 20.0 Å². The van der Waals surface area contributed by atoms with E-state index in [1.807, 2.05) is 19.1 Å². The van der Waals surface area contributed by atoms with Gasteiger partial charge in [0, 0.05) is 23.4 Å². The summed E-state index contributed by atoms with van der Waals surface area (Å²) in [4.78, 5) is 0. The van der Waals surface area contributed by atoms with Crippen LogP contribution < -0.4 is 15.2 Å². The molecule has 0 spiro atoms. The van der Waals surface area contributed by atoms with Crippen LogP contribution in [-0.2, 0) is 0 Å². The van der Waals surface area contributed by atoms with E-state index in [1.54, 1.807) is 14.2 Å². The molecule has 0 aliphatic carbocycles. The maximum absolute atomic E-state index is 5.97. The first kappa shape index (κ1) is 12.2. The summed E-state index contributed by atoms with van der Waals surface area (Å²) in [5.41, 5.74) is 8.02. The lowest BCUT2D eigenvalue weighted by atomic mass is 10.0. The number of nitrogens with two attached hydrogens (primary N) is 1. The summed E-state index contributed by atoms with van der Waals surface area (Å²) in [6.45, 7) is 1.99. The van der Waals surface area contributed by atoms with Crippen molar-refractivity contribution >= 4 is 12.6 Å². The zero-order valence-corrected chi connectivity index (χ0v) is 10.2. The predicted molar refractivity (Wildman–Crippen MR) is 65.1 cm³/mol. The maximum atomic E-state index is 5.97. The van der Waals surface area contributed by atoms with Gasteiger partial charge < -0.3 is 15.2 Å². The van der Waals surface area contributed by atoms with Gasteiger partial charge in [-0.2, -0.15) is 12.6 Å². The normalized spacial score (nSPS) is 12.3. The molecule has 84 valence electrons. The molecule has 0 fully saturated rings. The van der Waals surface area contributed by atoms with E-state index in [4.69, 9.17) is 15.2 Å². The smallest absolute Gasteiger partial charge is 0.127 e. The minimum absolute atomic E-state index is 0.116. The molecule has 1 rings (SSSR count). The molecule has 15 heavy (non-hydrogen) atoms. The van der Waals surface area contributed by atoms with E-state index < -0.39 is 0 Å². The van der Waals surface area contributed by atoms with Gasteiger partial charge in [0.15, 0.2) is 0 Å². The summed E-state index contributed by atoms with van der Waals surface area (Å²) in [7, 11) is 3.26. The fourth-order valence-corrected chi connectivity index (χ4v) is 1.77. The number of hydrogen-bond acceptors (Lipinski definition) is 4. The number of rotatable bonds is 4. The zero-order chi connectivity index (χ0) is 11.4. The molecule has 0 amide bonds. The first-order valence-corrected chi connectivity index (χ1v) is 5.36. The molecule has 1 aromatic carbocycles. The van der Waals surface area contributed by atoms with Gasteiger partial charge in [-0.05, 0) is 18.6 Å². The summed E-state index contributed by atoms with van der Waals surface area (Å²) in [5, 5.41) is 0. The van der Waals surface area contributed by atoms with Crippen molar-refractivity contribution in [3.63, 3.8) is 0 Å². The van der Waals surface area contributed by atoms with E-state index in [0.29, 0.717) is 5.75 Å². The average molecular weight is 227 g/mol. The van der Waals surface area contributed by atoms with Crippen molar-refractivity contribution in [3.8, 4) is 11.5 Å². The Morgan fingerprint density at radius 1 is 1.33 bits per heavy atom. The molecule has 0 aromatic heterocycles. The molecule has 0 saturated carbocycles. The lowest BCUT2D eigenvalue weighted by molar-refractivity contribution is 0.388. The highest BCUT2D eigenvalue weighted by atomic mass is 32.1. The lowest BCUT2D eigenvalue weighted by Crippen LogP contribution is -2.14. The standard InChI is InChI=1S/C11H17NO2S/c1-7-4-8(13-2)5-10(14-3)11(7)9(12)6-15/h4-5,9,15H,6,12H2,1-3H3. The third kappa shape index (κ3) is 2.58. The second-order valence-corrected chi connectivity index (χ2v) is 3.71. The molecule has 1 unspecified atom stereocenters. The quantitative estimate of drug-likeness (QED) is 0.773. The van der Waals surface area contributed by atoms with Gasteiger partial charge in [-0.3, -0.25) is 0 Å². The van der Waals surface area contributed by atoms with Crippen LogP contribution in [0.2, 0.25) is 0 Å². The van der Waals surface area contributed by atoms with Gasteiger partial charge in [0.05, 0.1) is 14.2 Å². The van der Waals surface area contributed by atoms with Gasteiger partial charge in [-0.15, -0.1) is 0 Å². The van der Waals surface area contributed by atoms with Crippen LogP contribution >= 0.6 is 12.6 Å². The van der Waals surface area contributed by atoms with Gasteiger partial charge in [0.25, 0.3) is 0 Å². The second kappa shape index (κ2) is 5.28. The number of methoxy groups -OCH3 is 2. The number of hydrogen-bond donors (Lipinski definition) is 2. The highest BCUT2D eigenvalue weighted by molar-refractivity contribution is 7.80. The van der Waals surface area contributed by atoms with Crippen LogP contribution in [0.1, 0.15) is 17.2 Å². The van der Waals surface area contributed by atoms with Crippen molar-refractivity contribution in [2.45, 2.75) is 13.0 Å². The van der Waals surface area contributed by atoms with Crippen molar-refractivity contribution in [2.75, 3.05) is 20.0 Å². The Morgan fingerprint density at radius 3 is 2.47 bits per heavy atom. The van der Waals surface area contributed by atoms with Crippen molar-refractivity contribution in [1.82, 2.24) is 0 Å². The van der Waals surface area contributed by atoms with Gasteiger partial charge in [-0.1, -0.05) is 0 Å². The summed E-state index contributed by atoms with van der Waals surface area (Å²) in [6.07, 6.45) is 0. The van der Waals surface area contributed by atoms with Crippen LogP contribution in [0.25, 0.3) is 0 Å². The molecule has 0 heterocycles. The maximum Gasteiger partial charge on any atom is 0.127 e. The summed E-state index contributed by atoms with van der Waals surface area (Å²) in [6, 6.07) is 3.67. The molecule has 0 radical (unpaired) electrons. The fourth-order valence-electron chi connectivity index (χ4n) is 1.59. The van der Waals surface area contributed by atoms with E-state index in [9.17, 15) is 0 Å². The van der Waals surface area contributed by atoms with Crippen LogP contribution in [0.5, 0.6) is 11.5 Å². The van der Waals surface area contributed by atoms with Gasteiger partial charge in [-0.25, -0.2) is 0 Å². The Labute approximate surface area is 96.0 Å². The SMILES string of the molecule is COc1cc(C)c(C(N)CS)c(OC)c1. The summed E-state index contributed by atoms with van der Waals surface area (Å²) >= 11 is 4.20. The monoisotopic (exact) mass is 227 g/mol. The Morgan fingerprint density at radius 2 is 2.00 bits per heavy atom. The molecular formula is C11H17NO2S. The van der Waals surface area contributed by atoms with Crippen molar-refractivity contribution in [1.29, 1.82) is 0 Å². The fraction of sp³-hybridized carbons (Fsp3) is 0.455. The van der Waals surface area contributed by atoms with E-state index >= 15 is 0 Å². The average Bonchev–Trinajstić information content (AvgIpc) is 2.26. The number of thiol groups is 1. The van der Waals surface area contributed by atoms with E-state index in [2.05, 4.69) is 12.6 Å². The van der Waals surface area contributed by atoms with Crippen LogP contribution in [0, 0.1) is 6.92 Å². The Balaban J connectivity index is 3.24. The Kier molecular flexibility index (Phi) is 4.29. The number of ether oxygens (including phenoxy) is 2. The van der Waals surface area contributed by atoms with E-state index in [-0.39, 0.29) is 6.04 Å². The highest BCUT2D eigenvalue weighted by Crippen LogP contribution is 2.32. The topological polar surface area (TPSA) is 44.5 Å². The molecule has 3 nitrogen and oxygen atoms in total. The minimum atomic E-state index is -0.116.